The number of hydrogen-bond acceptors (Lipinski definition) is 5. The van der Waals surface area contributed by atoms with Crippen LogP contribution >= 0.6 is 15.9 Å². The van der Waals surface area contributed by atoms with Crippen LogP contribution in [0.1, 0.15) is 11.4 Å². The lowest BCUT2D eigenvalue weighted by Crippen LogP contribution is -2.13. The molecule has 0 spiro atoms. The zero-order chi connectivity index (χ0) is 20.2. The van der Waals surface area contributed by atoms with E-state index in [1.807, 2.05) is 66.7 Å². The number of phenols is 1. The van der Waals surface area contributed by atoms with Gasteiger partial charge in [-0.3, -0.25) is 0 Å². The average Bonchev–Trinajstić information content (AvgIpc) is 2.78. The molecule has 0 saturated heterocycles. The zero-order valence-electron chi connectivity index (χ0n) is 15.3. The highest BCUT2D eigenvalue weighted by atomic mass is 79.9. The Morgan fingerprint density at radius 2 is 1.34 bits per heavy atom. The highest BCUT2D eigenvalue weighted by Gasteiger charge is 2.18. The number of nitrogens with two attached hydrogens (primary N) is 1. The number of rotatable bonds is 4. The summed E-state index contributed by atoms with van der Waals surface area (Å²) >= 11 is 3.42. The zero-order valence-corrected chi connectivity index (χ0v) is 16.9. The molecule has 1 heterocycles. The first-order valence-corrected chi connectivity index (χ1v) is 9.72. The first-order valence-electron chi connectivity index (χ1n) is 8.93. The molecule has 0 fully saturated rings. The lowest BCUT2D eigenvalue weighted by molar-refractivity contribution is 0.474. The van der Waals surface area contributed by atoms with Crippen molar-refractivity contribution >= 4 is 21.6 Å². The topological polar surface area (TPSA) is 84.4 Å². The monoisotopic (exact) mass is 444 g/mol. The van der Waals surface area contributed by atoms with E-state index >= 15 is 0 Å². The van der Waals surface area contributed by atoms with Gasteiger partial charge in [-0.2, -0.15) is 5.10 Å². The normalized spacial score (nSPS) is 11.4. The molecule has 4 aromatic rings. The van der Waals surface area contributed by atoms with Gasteiger partial charge in [0.15, 0.2) is 5.82 Å². The van der Waals surface area contributed by atoms with Crippen LogP contribution in [0, 0.1) is 0 Å². The van der Waals surface area contributed by atoms with E-state index in [0.717, 1.165) is 27.0 Å². The van der Waals surface area contributed by atoms with Crippen LogP contribution in [-0.2, 0) is 0 Å². The standard InChI is InChI=1S/C23H17BrN4O/c24-17-11-12-21(29)18(13-17)22(28-25)23-26-19(15-7-3-1-4-8-15)14-20(27-23)16-9-5-2-6-10-16/h1-14,29H,25H2/b28-22+. The van der Waals surface area contributed by atoms with Crippen LogP contribution in [0.3, 0.4) is 0 Å². The van der Waals surface area contributed by atoms with Crippen LogP contribution in [0.4, 0.5) is 0 Å². The molecule has 0 amide bonds. The molecule has 29 heavy (non-hydrogen) atoms. The number of phenolic OH excluding ortho intramolecular Hbond substituents is 1. The number of aromatic hydroxyl groups is 1. The van der Waals surface area contributed by atoms with Crippen molar-refractivity contribution in [1.82, 2.24) is 9.97 Å². The molecule has 0 radical (unpaired) electrons. The van der Waals surface area contributed by atoms with Crippen molar-refractivity contribution in [2.75, 3.05) is 0 Å². The molecule has 142 valence electrons. The number of aromatic nitrogens is 2. The maximum Gasteiger partial charge on any atom is 0.181 e. The van der Waals surface area contributed by atoms with Crippen molar-refractivity contribution in [1.29, 1.82) is 0 Å². The molecule has 6 heteroatoms. The summed E-state index contributed by atoms with van der Waals surface area (Å²) < 4.78 is 0.786. The molecule has 0 aliphatic heterocycles. The Hall–Kier alpha value is -3.51. The third-order valence-corrected chi connectivity index (χ3v) is 4.91. The summed E-state index contributed by atoms with van der Waals surface area (Å²) in [6.45, 7) is 0. The average molecular weight is 445 g/mol. The summed E-state index contributed by atoms with van der Waals surface area (Å²) in [5, 5.41) is 14.3. The molecular formula is C23H17BrN4O. The Balaban J connectivity index is 1.93. The van der Waals surface area contributed by atoms with E-state index < -0.39 is 0 Å². The van der Waals surface area contributed by atoms with Gasteiger partial charge in [0.05, 0.1) is 11.4 Å². The van der Waals surface area contributed by atoms with Crippen LogP contribution in [0.25, 0.3) is 22.5 Å². The minimum absolute atomic E-state index is 0.0485. The summed E-state index contributed by atoms with van der Waals surface area (Å²) in [6.07, 6.45) is 0. The van der Waals surface area contributed by atoms with E-state index in [2.05, 4.69) is 21.0 Å². The van der Waals surface area contributed by atoms with Gasteiger partial charge in [0.25, 0.3) is 0 Å². The number of benzene rings is 3. The molecule has 0 unspecified atom stereocenters. The number of hydrazone groups is 1. The second-order valence-corrected chi connectivity index (χ2v) is 7.25. The van der Waals surface area contributed by atoms with Gasteiger partial charge in [-0.15, -0.1) is 0 Å². The third kappa shape index (κ3) is 4.02. The molecular weight excluding hydrogens is 428 g/mol. The van der Waals surface area contributed by atoms with Crippen molar-refractivity contribution in [2.45, 2.75) is 0 Å². The second kappa shape index (κ2) is 8.24. The van der Waals surface area contributed by atoms with Gasteiger partial charge in [0.1, 0.15) is 11.5 Å². The van der Waals surface area contributed by atoms with E-state index in [0.29, 0.717) is 17.1 Å². The van der Waals surface area contributed by atoms with Crippen LogP contribution in [0.5, 0.6) is 5.75 Å². The van der Waals surface area contributed by atoms with E-state index in [4.69, 9.17) is 15.8 Å². The Kier molecular flexibility index (Phi) is 5.35. The van der Waals surface area contributed by atoms with E-state index in [-0.39, 0.29) is 5.75 Å². The largest absolute Gasteiger partial charge is 0.507 e. The molecule has 0 aliphatic rings. The van der Waals surface area contributed by atoms with Crippen LogP contribution in [-0.4, -0.2) is 20.8 Å². The van der Waals surface area contributed by atoms with Crippen molar-refractivity contribution < 1.29 is 5.11 Å². The van der Waals surface area contributed by atoms with Gasteiger partial charge in [-0.25, -0.2) is 9.97 Å². The van der Waals surface area contributed by atoms with Crippen molar-refractivity contribution in [2.24, 2.45) is 10.9 Å². The van der Waals surface area contributed by atoms with E-state index in [1.165, 1.54) is 0 Å². The fraction of sp³-hybridized carbons (Fsp3) is 0. The Labute approximate surface area is 176 Å². The summed E-state index contributed by atoms with van der Waals surface area (Å²) in [5.41, 5.74) is 4.13. The molecule has 0 aliphatic carbocycles. The highest BCUT2D eigenvalue weighted by molar-refractivity contribution is 9.10. The maximum absolute atomic E-state index is 10.4. The molecule has 0 atom stereocenters. The van der Waals surface area contributed by atoms with Crippen molar-refractivity contribution in [3.8, 4) is 28.3 Å². The molecule has 3 aromatic carbocycles. The molecule has 5 nitrogen and oxygen atoms in total. The van der Waals surface area contributed by atoms with Crippen LogP contribution in [0.2, 0.25) is 0 Å². The molecule has 1 aromatic heterocycles. The van der Waals surface area contributed by atoms with E-state index in [9.17, 15) is 5.11 Å². The summed E-state index contributed by atoms with van der Waals surface area (Å²) in [7, 11) is 0. The van der Waals surface area contributed by atoms with Crippen LogP contribution in [0.15, 0.2) is 94.5 Å². The predicted molar refractivity (Wildman–Crippen MR) is 119 cm³/mol. The Morgan fingerprint density at radius 3 is 1.86 bits per heavy atom. The first kappa shape index (κ1) is 18.8. The molecule has 0 saturated carbocycles. The Bertz CT molecular complexity index is 1120. The quantitative estimate of drug-likeness (QED) is 0.263. The number of nitrogens with zero attached hydrogens (tertiary/aromatic N) is 3. The predicted octanol–water partition coefficient (Wildman–Crippen LogP) is 4.99. The van der Waals surface area contributed by atoms with Gasteiger partial charge < -0.3 is 10.9 Å². The van der Waals surface area contributed by atoms with Gasteiger partial charge in [-0.1, -0.05) is 76.6 Å². The van der Waals surface area contributed by atoms with Gasteiger partial charge >= 0.3 is 0 Å². The minimum Gasteiger partial charge on any atom is -0.507 e. The third-order valence-electron chi connectivity index (χ3n) is 4.42. The lowest BCUT2D eigenvalue weighted by atomic mass is 10.1. The number of hydrogen-bond donors (Lipinski definition) is 2. The maximum atomic E-state index is 10.4. The first-order chi connectivity index (χ1) is 14.2. The summed E-state index contributed by atoms with van der Waals surface area (Å²) in [6, 6.07) is 26.6. The highest BCUT2D eigenvalue weighted by Crippen LogP contribution is 2.27. The molecule has 4 rings (SSSR count). The number of halogens is 1. The second-order valence-electron chi connectivity index (χ2n) is 6.33. The fourth-order valence-electron chi connectivity index (χ4n) is 3.01. The van der Waals surface area contributed by atoms with Gasteiger partial charge in [0, 0.05) is 21.2 Å². The van der Waals surface area contributed by atoms with Gasteiger partial charge in [0.2, 0.25) is 0 Å². The van der Waals surface area contributed by atoms with Crippen molar-refractivity contribution in [3.63, 3.8) is 0 Å². The molecule has 3 N–H and O–H groups in total. The lowest BCUT2D eigenvalue weighted by Gasteiger charge is -2.11. The smallest absolute Gasteiger partial charge is 0.181 e. The fourth-order valence-corrected chi connectivity index (χ4v) is 3.37. The van der Waals surface area contributed by atoms with Crippen molar-refractivity contribution in [3.05, 3.63) is 101 Å². The minimum atomic E-state index is 0.0485. The summed E-state index contributed by atoms with van der Waals surface area (Å²) in [5.74, 6) is 6.10. The Morgan fingerprint density at radius 1 is 0.793 bits per heavy atom. The summed E-state index contributed by atoms with van der Waals surface area (Å²) in [4.78, 5) is 9.40. The van der Waals surface area contributed by atoms with Crippen LogP contribution < -0.4 is 5.84 Å². The SMILES string of the molecule is N/N=C(/c1nc(-c2ccccc2)cc(-c2ccccc2)n1)c1cc(Br)ccc1O. The van der Waals surface area contributed by atoms with Gasteiger partial charge in [-0.05, 0) is 24.3 Å². The molecule has 0 bridgehead atoms. The van der Waals surface area contributed by atoms with E-state index in [1.54, 1.807) is 18.2 Å².